The quantitative estimate of drug-likeness (QED) is 0.457. The van der Waals surface area contributed by atoms with Crippen LogP contribution in [-0.2, 0) is 22.7 Å². The number of aromatic nitrogens is 2. The number of anilines is 1. The first-order valence-electron chi connectivity index (χ1n) is 11.9. The zero-order valence-corrected chi connectivity index (χ0v) is 20.8. The lowest BCUT2D eigenvalue weighted by Gasteiger charge is -2.18. The van der Waals surface area contributed by atoms with Crippen LogP contribution in [0.1, 0.15) is 34.1 Å². The fourth-order valence-corrected chi connectivity index (χ4v) is 4.29. The summed E-state index contributed by atoms with van der Waals surface area (Å²) in [5, 5.41) is 3.72. The molecular weight excluding hydrogens is 478 g/mol. The van der Waals surface area contributed by atoms with Gasteiger partial charge in [-0.3, -0.25) is 14.4 Å². The van der Waals surface area contributed by atoms with E-state index in [1.807, 2.05) is 12.1 Å². The number of aryl methyl sites for hydroxylation is 1. The molecule has 0 bridgehead atoms. The number of amides is 3. The average Bonchev–Trinajstić information content (AvgIpc) is 3.56. The first-order valence-corrected chi connectivity index (χ1v) is 11.9. The minimum atomic E-state index is -0.633. The van der Waals surface area contributed by atoms with Crippen molar-refractivity contribution in [3.8, 4) is 11.5 Å². The molecule has 11 heteroatoms. The maximum atomic E-state index is 13.1. The van der Waals surface area contributed by atoms with Crippen molar-refractivity contribution < 1.29 is 28.4 Å². The predicted octanol–water partition coefficient (Wildman–Crippen LogP) is 2.19. The number of hydrogen-bond donors (Lipinski definition) is 0. The number of benzene rings is 2. The molecule has 3 amide bonds. The van der Waals surface area contributed by atoms with Gasteiger partial charge in [0.1, 0.15) is 18.0 Å². The number of fused-ring (bicyclic) bond motifs is 1. The number of nitrogens with zero attached hydrogens (tertiary/aromatic N) is 5. The van der Waals surface area contributed by atoms with Crippen LogP contribution in [0, 0.1) is 6.92 Å². The fourth-order valence-electron chi connectivity index (χ4n) is 4.29. The highest BCUT2D eigenvalue weighted by molar-refractivity contribution is 6.03. The second-order valence-electron chi connectivity index (χ2n) is 9.17. The summed E-state index contributed by atoms with van der Waals surface area (Å²) < 4.78 is 16.6. The molecule has 0 aliphatic carbocycles. The van der Waals surface area contributed by atoms with E-state index in [1.165, 1.54) is 9.80 Å². The van der Waals surface area contributed by atoms with Crippen molar-refractivity contribution in [1.82, 2.24) is 19.9 Å². The summed E-state index contributed by atoms with van der Waals surface area (Å²) in [6, 6.07) is 12.4. The molecule has 37 heavy (non-hydrogen) atoms. The van der Waals surface area contributed by atoms with Crippen molar-refractivity contribution in [2.75, 3.05) is 32.1 Å². The van der Waals surface area contributed by atoms with E-state index in [4.69, 9.17) is 14.0 Å². The second kappa shape index (κ2) is 9.92. The van der Waals surface area contributed by atoms with Crippen molar-refractivity contribution in [1.29, 1.82) is 0 Å². The first kappa shape index (κ1) is 24.3. The molecule has 1 saturated heterocycles. The third-order valence-electron chi connectivity index (χ3n) is 6.30. The van der Waals surface area contributed by atoms with E-state index < -0.39 is 6.10 Å². The Hall–Kier alpha value is -4.41. The van der Waals surface area contributed by atoms with Gasteiger partial charge < -0.3 is 28.7 Å². The third kappa shape index (κ3) is 5.11. The van der Waals surface area contributed by atoms with Gasteiger partial charge >= 0.3 is 0 Å². The summed E-state index contributed by atoms with van der Waals surface area (Å²) in [5.74, 6) is 1.57. The van der Waals surface area contributed by atoms with Gasteiger partial charge in [0, 0.05) is 44.9 Å². The van der Waals surface area contributed by atoms with E-state index in [0.29, 0.717) is 54.0 Å². The third-order valence-corrected chi connectivity index (χ3v) is 6.30. The van der Waals surface area contributed by atoms with Crippen LogP contribution in [0.3, 0.4) is 0 Å². The van der Waals surface area contributed by atoms with Crippen LogP contribution in [0.4, 0.5) is 5.69 Å². The Labute approximate surface area is 213 Å². The van der Waals surface area contributed by atoms with Crippen LogP contribution in [0.15, 0.2) is 47.0 Å². The lowest BCUT2D eigenvalue weighted by molar-refractivity contribution is -0.129. The van der Waals surface area contributed by atoms with Crippen molar-refractivity contribution in [2.45, 2.75) is 32.6 Å². The fraction of sp³-hybridized carbons (Fsp3) is 0.346. The molecule has 1 fully saturated rings. The molecule has 3 heterocycles. The molecule has 192 valence electrons. The zero-order valence-electron chi connectivity index (χ0n) is 20.8. The molecular formula is C26H27N5O6. The molecule has 0 saturated carbocycles. The van der Waals surface area contributed by atoms with Gasteiger partial charge in [-0.05, 0) is 48.9 Å². The van der Waals surface area contributed by atoms with Crippen LogP contribution in [0.5, 0.6) is 11.5 Å². The lowest BCUT2D eigenvalue weighted by atomic mass is 10.1. The Morgan fingerprint density at radius 3 is 2.59 bits per heavy atom. The second-order valence-corrected chi connectivity index (χ2v) is 9.17. The number of ether oxygens (including phenoxy) is 2. The summed E-state index contributed by atoms with van der Waals surface area (Å²) >= 11 is 0. The molecule has 1 unspecified atom stereocenters. The molecule has 0 radical (unpaired) electrons. The van der Waals surface area contributed by atoms with E-state index in [-0.39, 0.29) is 30.9 Å². The van der Waals surface area contributed by atoms with Gasteiger partial charge in [-0.2, -0.15) is 4.98 Å². The molecule has 1 aromatic heterocycles. The van der Waals surface area contributed by atoms with Crippen molar-refractivity contribution in [3.63, 3.8) is 0 Å². The Morgan fingerprint density at radius 1 is 1.14 bits per heavy atom. The van der Waals surface area contributed by atoms with E-state index in [1.54, 1.807) is 56.3 Å². The Bertz CT molecular complexity index is 1340. The Kier molecular flexibility index (Phi) is 6.51. The largest absolute Gasteiger partial charge is 0.484 e. The highest BCUT2D eigenvalue weighted by Gasteiger charge is 2.36. The molecule has 1 atom stereocenters. The first-order chi connectivity index (χ1) is 17.8. The van der Waals surface area contributed by atoms with Gasteiger partial charge in [0.2, 0.25) is 5.91 Å². The Morgan fingerprint density at radius 2 is 1.89 bits per heavy atom. The minimum absolute atomic E-state index is 0.0227. The summed E-state index contributed by atoms with van der Waals surface area (Å²) in [6.45, 7) is 2.77. The molecule has 2 aliphatic rings. The molecule has 0 N–H and O–H groups in total. The van der Waals surface area contributed by atoms with E-state index in [0.717, 1.165) is 5.56 Å². The smallest absolute Gasteiger partial charge is 0.268 e. The summed E-state index contributed by atoms with van der Waals surface area (Å²) in [5.41, 5.74) is 2.01. The average molecular weight is 506 g/mol. The van der Waals surface area contributed by atoms with Gasteiger partial charge in [0.05, 0.1) is 0 Å². The summed E-state index contributed by atoms with van der Waals surface area (Å²) in [4.78, 5) is 46.7. The highest BCUT2D eigenvalue weighted by Crippen LogP contribution is 2.31. The monoisotopic (exact) mass is 505 g/mol. The summed E-state index contributed by atoms with van der Waals surface area (Å²) in [7, 11) is 3.32. The van der Waals surface area contributed by atoms with Gasteiger partial charge in [0.15, 0.2) is 18.5 Å². The van der Waals surface area contributed by atoms with Gasteiger partial charge in [-0.25, -0.2) is 0 Å². The molecule has 2 aliphatic heterocycles. The van der Waals surface area contributed by atoms with Crippen molar-refractivity contribution in [3.05, 3.63) is 65.3 Å². The molecule has 0 spiro atoms. The standard InChI is InChI=1S/C26H27N5O6/c1-16-27-23(37-28-16)15-35-19-6-8-20(9-7-19)36-22-10-11-31(26(22)34)18-5-4-17-13-30(14-24(32)29(2)3)25(33)21(17)12-18/h4-9,12,22H,10-11,13-15H2,1-3H3. The number of carbonyl (C=O) groups is 3. The SMILES string of the molecule is Cc1noc(COc2ccc(OC3CCN(c4ccc5c(c4)C(=O)N(CC(=O)N(C)C)C5)C3=O)cc2)n1. The topological polar surface area (TPSA) is 118 Å². The number of carbonyl (C=O) groups excluding carboxylic acids is 3. The lowest BCUT2D eigenvalue weighted by Crippen LogP contribution is -2.36. The Balaban J connectivity index is 1.19. The maximum Gasteiger partial charge on any atom is 0.268 e. The van der Waals surface area contributed by atoms with Crippen LogP contribution in [0.25, 0.3) is 0 Å². The molecule has 2 aromatic carbocycles. The van der Waals surface area contributed by atoms with Crippen LogP contribution in [0.2, 0.25) is 0 Å². The van der Waals surface area contributed by atoms with Crippen molar-refractivity contribution in [2.24, 2.45) is 0 Å². The van der Waals surface area contributed by atoms with Crippen LogP contribution in [-0.4, -0.2) is 71.0 Å². The highest BCUT2D eigenvalue weighted by atomic mass is 16.5. The molecule has 3 aromatic rings. The molecule has 5 rings (SSSR count). The summed E-state index contributed by atoms with van der Waals surface area (Å²) in [6.07, 6.45) is -0.117. The minimum Gasteiger partial charge on any atom is -0.484 e. The van der Waals surface area contributed by atoms with Crippen LogP contribution < -0.4 is 14.4 Å². The number of hydrogen-bond acceptors (Lipinski definition) is 8. The zero-order chi connectivity index (χ0) is 26.1. The van der Waals surface area contributed by atoms with E-state index in [9.17, 15) is 14.4 Å². The van der Waals surface area contributed by atoms with Crippen molar-refractivity contribution >= 4 is 23.4 Å². The normalized spacial score (nSPS) is 16.8. The van der Waals surface area contributed by atoms with Crippen LogP contribution >= 0.6 is 0 Å². The van der Waals surface area contributed by atoms with Gasteiger partial charge in [0.25, 0.3) is 17.7 Å². The van der Waals surface area contributed by atoms with E-state index in [2.05, 4.69) is 10.1 Å². The molecule has 11 nitrogen and oxygen atoms in total. The maximum absolute atomic E-state index is 13.1. The van der Waals surface area contributed by atoms with Gasteiger partial charge in [-0.1, -0.05) is 11.2 Å². The predicted molar refractivity (Wildman–Crippen MR) is 131 cm³/mol. The number of rotatable bonds is 8. The van der Waals surface area contributed by atoms with Gasteiger partial charge in [-0.15, -0.1) is 0 Å². The van der Waals surface area contributed by atoms with E-state index >= 15 is 0 Å². The number of likely N-dealkylation sites (N-methyl/N-ethyl adjacent to an activating group) is 1.